The predicted molar refractivity (Wildman–Crippen MR) is 215 cm³/mol. The van der Waals surface area contributed by atoms with Crippen LogP contribution in [0.25, 0.3) is 11.1 Å². The minimum atomic E-state index is 0.217. The maximum atomic E-state index is 10.7. The summed E-state index contributed by atoms with van der Waals surface area (Å²) < 4.78 is 0.598. The van der Waals surface area contributed by atoms with E-state index in [2.05, 4.69) is 158 Å². The van der Waals surface area contributed by atoms with E-state index in [0.717, 1.165) is 56.6 Å². The Labute approximate surface area is 304 Å². The van der Waals surface area contributed by atoms with E-state index in [1.807, 2.05) is 48.5 Å². The molecule has 0 aliphatic rings. The highest BCUT2D eigenvalue weighted by molar-refractivity contribution is 5.85. The molecular weight excluding hydrogens is 637 g/mol. The van der Waals surface area contributed by atoms with E-state index in [1.165, 1.54) is 0 Å². The Morgan fingerprint density at radius 3 is 0.750 bits per heavy atom. The van der Waals surface area contributed by atoms with E-state index < -0.39 is 0 Å². The van der Waals surface area contributed by atoms with Gasteiger partial charge >= 0.3 is 0 Å². The van der Waals surface area contributed by atoms with E-state index in [4.69, 9.17) is 0 Å². The number of hydrogen-bond donors (Lipinski definition) is 2. The first-order valence-electron chi connectivity index (χ1n) is 17.4. The van der Waals surface area contributed by atoms with Crippen LogP contribution in [0.15, 0.2) is 218 Å². The van der Waals surface area contributed by atoms with Gasteiger partial charge in [-0.3, -0.25) is 0 Å². The lowest BCUT2D eigenvalue weighted by Gasteiger charge is -2.37. The van der Waals surface area contributed by atoms with Gasteiger partial charge in [0.1, 0.15) is 45.6 Å². The summed E-state index contributed by atoms with van der Waals surface area (Å²) in [4.78, 5) is 0. The van der Waals surface area contributed by atoms with Crippen LogP contribution in [0.3, 0.4) is 0 Å². The van der Waals surface area contributed by atoms with Crippen LogP contribution >= 0.6 is 0 Å². The molecule has 0 bridgehead atoms. The second kappa shape index (κ2) is 13.9. The summed E-state index contributed by atoms with van der Waals surface area (Å²) in [7, 11) is 0. The molecule has 0 aliphatic heterocycles. The molecule has 0 saturated carbocycles. The first-order valence-corrected chi connectivity index (χ1v) is 17.4. The molecule has 0 amide bonds. The molecule has 52 heavy (non-hydrogen) atoms. The van der Waals surface area contributed by atoms with Gasteiger partial charge in [-0.1, -0.05) is 84.9 Å². The molecule has 0 aliphatic carbocycles. The monoisotopic (exact) mass is 674 g/mol. The molecule has 0 unspecified atom stereocenters. The standard InChI is InChI=1S/C48H36N2O2/c51-47-25-13-23-45(35-47)49(39-15-5-1-6-16-39,40-17-7-2-8-18-40)43-31-27-37(28-32-43)38-29-33-44(34-30-38)50(41-19-9-3-10-20-41,42-21-11-4-12-22-42)46-24-14-26-48(52)36-46/h1-36H/p+2. The number of benzene rings is 8. The summed E-state index contributed by atoms with van der Waals surface area (Å²) >= 11 is 0. The minimum Gasteiger partial charge on any atom is -0.508 e. The van der Waals surface area contributed by atoms with Crippen molar-refractivity contribution in [3.8, 4) is 22.6 Å². The Morgan fingerprint density at radius 1 is 0.231 bits per heavy atom. The number of phenols is 2. The second-order valence-electron chi connectivity index (χ2n) is 12.8. The van der Waals surface area contributed by atoms with Gasteiger partial charge in [-0.2, -0.15) is 8.97 Å². The molecule has 0 fully saturated rings. The van der Waals surface area contributed by atoms with E-state index in [0.29, 0.717) is 8.97 Å². The molecule has 8 rings (SSSR count). The van der Waals surface area contributed by atoms with Crippen LogP contribution < -0.4 is 8.97 Å². The largest absolute Gasteiger partial charge is 0.508 e. The summed E-state index contributed by atoms with van der Waals surface area (Å²) in [6, 6.07) is 74.3. The number of rotatable bonds is 9. The van der Waals surface area contributed by atoms with Crippen molar-refractivity contribution in [3.63, 3.8) is 0 Å². The molecule has 0 aromatic heterocycles. The van der Waals surface area contributed by atoms with Crippen molar-refractivity contribution in [1.29, 1.82) is 0 Å². The van der Waals surface area contributed by atoms with Crippen LogP contribution in [0.4, 0.5) is 45.5 Å². The normalized spacial score (nSPS) is 11.6. The molecule has 2 N–H and O–H groups in total. The average molecular weight is 675 g/mol. The average Bonchev–Trinajstić information content (AvgIpc) is 3.21. The van der Waals surface area contributed by atoms with Gasteiger partial charge in [0, 0.05) is 97.1 Å². The molecule has 0 atom stereocenters. The van der Waals surface area contributed by atoms with Crippen LogP contribution in [-0.2, 0) is 0 Å². The number of nitrogens with zero attached hydrogens (tertiary/aromatic N) is 2. The number of phenolic OH excluding ortho intramolecular Hbond substituents is 2. The molecule has 0 spiro atoms. The minimum absolute atomic E-state index is 0.217. The van der Waals surface area contributed by atoms with Gasteiger partial charge in [0.25, 0.3) is 0 Å². The smallest absolute Gasteiger partial charge is 0.151 e. The van der Waals surface area contributed by atoms with Crippen molar-refractivity contribution in [2.45, 2.75) is 0 Å². The summed E-state index contributed by atoms with van der Waals surface area (Å²) in [6.45, 7) is 0. The highest BCUT2D eigenvalue weighted by atomic mass is 16.3. The topological polar surface area (TPSA) is 40.5 Å². The van der Waals surface area contributed by atoms with E-state index in [9.17, 15) is 10.2 Å². The third-order valence-electron chi connectivity index (χ3n) is 9.85. The molecule has 8 aromatic carbocycles. The first kappa shape index (κ1) is 32.5. The van der Waals surface area contributed by atoms with Gasteiger partial charge < -0.3 is 10.2 Å². The SMILES string of the molecule is Oc1cccc([N+](c2ccccc2)(c2ccccc2)c2ccc(-c3ccc([N+](c4ccccc4)(c4ccccc4)c4cccc(O)c4)cc3)cc2)c1. The van der Waals surface area contributed by atoms with Gasteiger partial charge in [0.05, 0.1) is 0 Å². The van der Waals surface area contributed by atoms with Crippen molar-refractivity contribution < 1.29 is 10.2 Å². The third kappa shape index (κ3) is 5.62. The Bertz CT molecular complexity index is 2140. The summed E-state index contributed by atoms with van der Waals surface area (Å²) in [5, 5.41) is 21.4. The van der Waals surface area contributed by atoms with Crippen LogP contribution in [0.5, 0.6) is 11.5 Å². The summed E-state index contributed by atoms with van der Waals surface area (Å²) in [6.07, 6.45) is 0. The fraction of sp³-hybridized carbons (Fsp3) is 0. The molecule has 0 radical (unpaired) electrons. The van der Waals surface area contributed by atoms with Crippen LogP contribution in [0.1, 0.15) is 0 Å². The molecule has 4 nitrogen and oxygen atoms in total. The molecule has 8 aromatic rings. The fourth-order valence-corrected chi connectivity index (χ4v) is 7.55. The van der Waals surface area contributed by atoms with Crippen molar-refractivity contribution in [2.75, 3.05) is 0 Å². The summed E-state index contributed by atoms with van der Waals surface area (Å²) in [5.74, 6) is 0.435. The molecule has 4 heteroatoms. The maximum Gasteiger partial charge on any atom is 0.151 e. The summed E-state index contributed by atoms with van der Waals surface area (Å²) in [5.41, 5.74) is 10.3. The number of quaternary nitrogens is 2. The third-order valence-corrected chi connectivity index (χ3v) is 9.85. The van der Waals surface area contributed by atoms with Crippen molar-refractivity contribution in [3.05, 3.63) is 218 Å². The van der Waals surface area contributed by atoms with E-state index in [1.54, 1.807) is 12.1 Å². The molecule has 0 heterocycles. The Kier molecular flexibility index (Phi) is 8.68. The Morgan fingerprint density at radius 2 is 0.481 bits per heavy atom. The molecule has 0 saturated heterocycles. The van der Waals surface area contributed by atoms with Crippen molar-refractivity contribution in [2.24, 2.45) is 0 Å². The predicted octanol–water partition coefficient (Wildman–Crippen LogP) is 13.4. The number of aromatic hydroxyl groups is 2. The van der Waals surface area contributed by atoms with Crippen molar-refractivity contribution in [1.82, 2.24) is 8.97 Å². The zero-order valence-electron chi connectivity index (χ0n) is 28.6. The van der Waals surface area contributed by atoms with E-state index in [-0.39, 0.29) is 11.5 Å². The van der Waals surface area contributed by atoms with Crippen LogP contribution in [0, 0.1) is 0 Å². The van der Waals surface area contributed by atoms with Gasteiger partial charge in [-0.15, -0.1) is 0 Å². The molecular formula is C48H38N2O2+2. The van der Waals surface area contributed by atoms with Crippen molar-refractivity contribution >= 4 is 45.5 Å². The number of para-hydroxylation sites is 4. The van der Waals surface area contributed by atoms with Gasteiger partial charge in [-0.05, 0) is 47.5 Å². The van der Waals surface area contributed by atoms with Crippen LogP contribution in [0.2, 0.25) is 0 Å². The zero-order chi connectivity index (χ0) is 35.4. The van der Waals surface area contributed by atoms with Gasteiger partial charge in [-0.25, -0.2) is 0 Å². The van der Waals surface area contributed by atoms with Gasteiger partial charge in [0.15, 0.2) is 11.4 Å². The van der Waals surface area contributed by atoms with E-state index >= 15 is 0 Å². The lowest BCUT2D eigenvalue weighted by Crippen LogP contribution is -2.33. The Balaban J connectivity index is 1.27. The highest BCUT2D eigenvalue weighted by Crippen LogP contribution is 2.54. The highest BCUT2D eigenvalue weighted by Gasteiger charge is 2.41. The second-order valence-corrected chi connectivity index (χ2v) is 12.8. The quantitative estimate of drug-likeness (QED) is 0.150. The zero-order valence-corrected chi connectivity index (χ0v) is 28.6. The maximum absolute atomic E-state index is 10.7. The lowest BCUT2D eigenvalue weighted by molar-refractivity contribution is 0.473. The lowest BCUT2D eigenvalue weighted by atomic mass is 10.0. The number of hydrogen-bond acceptors (Lipinski definition) is 2. The first-order chi connectivity index (χ1) is 25.6. The molecule has 250 valence electrons. The van der Waals surface area contributed by atoms with Gasteiger partial charge in [0.2, 0.25) is 0 Å². The fourth-order valence-electron chi connectivity index (χ4n) is 7.55. The Hall–Kier alpha value is -6.72. The van der Waals surface area contributed by atoms with Crippen LogP contribution in [-0.4, -0.2) is 10.2 Å².